The Morgan fingerprint density at radius 3 is 2.94 bits per heavy atom. The molecule has 0 aliphatic carbocycles. The summed E-state index contributed by atoms with van der Waals surface area (Å²) in [6.07, 6.45) is 0.0941. The summed E-state index contributed by atoms with van der Waals surface area (Å²) in [6.45, 7) is 2.14. The number of hydrogen-bond donors (Lipinski definition) is 2. The summed E-state index contributed by atoms with van der Waals surface area (Å²) in [5.41, 5.74) is -0.536. The molecule has 90 valence electrons. The van der Waals surface area contributed by atoms with Gasteiger partial charge in [-0.25, -0.2) is 4.98 Å². The number of rotatable bonds is 5. The molecule has 0 saturated heterocycles. The lowest BCUT2D eigenvalue weighted by atomic mass is 10.3. The molecule has 0 aliphatic rings. The van der Waals surface area contributed by atoms with E-state index in [1.165, 1.54) is 12.1 Å². The molecule has 17 heavy (non-hydrogen) atoms. The monoisotopic (exact) mass is 236 g/mol. The second kappa shape index (κ2) is 5.77. The maximum atomic E-state index is 10.6. The van der Waals surface area contributed by atoms with Gasteiger partial charge in [-0.15, -0.1) is 0 Å². The van der Waals surface area contributed by atoms with Gasteiger partial charge in [0.1, 0.15) is 11.9 Å². The first-order valence-corrected chi connectivity index (χ1v) is 5.02. The lowest BCUT2D eigenvalue weighted by Crippen LogP contribution is -2.11. The van der Waals surface area contributed by atoms with Gasteiger partial charge >= 0.3 is 5.69 Å². The van der Waals surface area contributed by atoms with Gasteiger partial charge in [0.15, 0.2) is 0 Å². The van der Waals surface area contributed by atoms with Crippen LogP contribution >= 0.6 is 0 Å². The summed E-state index contributed by atoms with van der Waals surface area (Å²) >= 11 is 0. The van der Waals surface area contributed by atoms with Crippen molar-refractivity contribution in [3.05, 3.63) is 27.9 Å². The fourth-order valence-electron chi connectivity index (χ4n) is 1.19. The first-order valence-electron chi connectivity index (χ1n) is 5.02. The van der Waals surface area contributed by atoms with E-state index in [-0.39, 0.29) is 11.4 Å². The minimum absolute atomic E-state index is 0.225. The molecule has 0 bridgehead atoms. The molecule has 7 nitrogen and oxygen atoms in total. The second-order valence-corrected chi connectivity index (χ2v) is 3.50. The zero-order valence-electron chi connectivity index (χ0n) is 9.25. The van der Waals surface area contributed by atoms with Crippen molar-refractivity contribution in [3.63, 3.8) is 0 Å². The van der Waals surface area contributed by atoms with Gasteiger partial charge in [-0.05, 0) is 19.4 Å². The molecular weight excluding hydrogens is 224 g/mol. The molecule has 1 rings (SSSR count). The molecule has 0 aromatic carbocycles. The van der Waals surface area contributed by atoms with E-state index in [2.05, 4.69) is 10.3 Å². The molecular formula is C10H12N4O3. The Hall–Kier alpha value is -2.20. The first-order chi connectivity index (χ1) is 8.04. The number of aromatic nitrogens is 1. The standard InChI is InChI=1S/C10H12N4O3/c1-7(15)4-5-12-10-3-2-9(14(16)17)8(6-11)13-10/h2-3,7,15H,4-5H2,1H3,(H,12,13). The van der Waals surface area contributed by atoms with Gasteiger partial charge < -0.3 is 10.4 Å². The fraction of sp³-hybridized carbons (Fsp3) is 0.400. The van der Waals surface area contributed by atoms with Crippen LogP contribution in [0.2, 0.25) is 0 Å². The summed E-state index contributed by atoms with van der Waals surface area (Å²) in [5.74, 6) is 0.382. The van der Waals surface area contributed by atoms with Crippen molar-refractivity contribution in [1.29, 1.82) is 5.26 Å². The Kier molecular flexibility index (Phi) is 4.37. The van der Waals surface area contributed by atoms with Crippen LogP contribution in [0.3, 0.4) is 0 Å². The molecule has 0 fully saturated rings. The number of pyridine rings is 1. The zero-order chi connectivity index (χ0) is 12.8. The second-order valence-electron chi connectivity index (χ2n) is 3.50. The number of hydrogen-bond acceptors (Lipinski definition) is 6. The maximum Gasteiger partial charge on any atom is 0.305 e. The van der Waals surface area contributed by atoms with Gasteiger partial charge in [0.25, 0.3) is 0 Å². The Morgan fingerprint density at radius 1 is 1.71 bits per heavy atom. The lowest BCUT2D eigenvalue weighted by molar-refractivity contribution is -0.385. The van der Waals surface area contributed by atoms with Gasteiger partial charge in [0.2, 0.25) is 5.69 Å². The summed E-state index contributed by atoms with van der Waals surface area (Å²) in [7, 11) is 0. The lowest BCUT2D eigenvalue weighted by Gasteiger charge is -2.07. The highest BCUT2D eigenvalue weighted by molar-refractivity contribution is 5.50. The van der Waals surface area contributed by atoms with Crippen LogP contribution in [-0.2, 0) is 0 Å². The highest BCUT2D eigenvalue weighted by atomic mass is 16.6. The average molecular weight is 236 g/mol. The van der Waals surface area contributed by atoms with E-state index in [0.29, 0.717) is 18.8 Å². The summed E-state index contributed by atoms with van der Waals surface area (Å²) in [5, 5.41) is 31.2. The van der Waals surface area contributed by atoms with E-state index in [0.717, 1.165) is 0 Å². The van der Waals surface area contributed by atoms with Crippen LogP contribution in [0.1, 0.15) is 19.0 Å². The fourth-order valence-corrected chi connectivity index (χ4v) is 1.19. The molecule has 1 atom stereocenters. The van der Waals surface area contributed by atoms with Gasteiger partial charge in [-0.1, -0.05) is 0 Å². The quantitative estimate of drug-likeness (QED) is 0.583. The van der Waals surface area contributed by atoms with Crippen LogP contribution in [-0.4, -0.2) is 27.7 Å². The van der Waals surface area contributed by atoms with Crippen LogP contribution in [0.4, 0.5) is 11.5 Å². The smallest absolute Gasteiger partial charge is 0.305 e. The van der Waals surface area contributed by atoms with Crippen molar-refractivity contribution in [1.82, 2.24) is 4.98 Å². The summed E-state index contributed by atoms with van der Waals surface area (Å²) in [6, 6.07) is 4.34. The van der Waals surface area contributed by atoms with Crippen molar-refractivity contribution >= 4 is 11.5 Å². The minimum atomic E-state index is -0.648. The van der Waals surface area contributed by atoms with Crippen molar-refractivity contribution in [2.45, 2.75) is 19.4 Å². The topological polar surface area (TPSA) is 112 Å². The average Bonchev–Trinajstić information content (AvgIpc) is 2.28. The van der Waals surface area contributed by atoms with Gasteiger partial charge in [0.05, 0.1) is 11.0 Å². The van der Waals surface area contributed by atoms with Gasteiger partial charge in [0, 0.05) is 12.6 Å². The number of anilines is 1. The normalized spacial score (nSPS) is 11.6. The minimum Gasteiger partial charge on any atom is -0.393 e. The third-order valence-electron chi connectivity index (χ3n) is 2.04. The molecule has 1 heterocycles. The Morgan fingerprint density at radius 2 is 2.41 bits per heavy atom. The number of aliphatic hydroxyl groups is 1. The maximum absolute atomic E-state index is 10.6. The van der Waals surface area contributed by atoms with E-state index in [4.69, 9.17) is 10.4 Å². The zero-order valence-corrected chi connectivity index (χ0v) is 9.25. The predicted molar refractivity (Wildman–Crippen MR) is 60.4 cm³/mol. The van der Waals surface area contributed by atoms with E-state index in [1.807, 2.05) is 0 Å². The molecule has 0 amide bonds. The molecule has 1 unspecified atom stereocenters. The number of nitro groups is 1. The molecule has 1 aromatic rings. The molecule has 1 aromatic heterocycles. The molecule has 0 saturated carbocycles. The number of aliphatic hydroxyl groups excluding tert-OH is 1. The van der Waals surface area contributed by atoms with Crippen LogP contribution in [0.15, 0.2) is 12.1 Å². The van der Waals surface area contributed by atoms with E-state index in [9.17, 15) is 10.1 Å². The van der Waals surface area contributed by atoms with Crippen molar-refractivity contribution in [3.8, 4) is 6.07 Å². The first kappa shape index (κ1) is 12.9. The SMILES string of the molecule is CC(O)CCNc1ccc([N+](=O)[O-])c(C#N)n1. The molecule has 2 N–H and O–H groups in total. The van der Waals surface area contributed by atoms with Crippen LogP contribution in [0.5, 0.6) is 0 Å². The molecule has 0 radical (unpaired) electrons. The van der Waals surface area contributed by atoms with E-state index in [1.54, 1.807) is 13.0 Å². The van der Waals surface area contributed by atoms with Crippen LogP contribution in [0, 0.1) is 21.4 Å². The van der Waals surface area contributed by atoms with Gasteiger partial charge in [-0.3, -0.25) is 10.1 Å². The van der Waals surface area contributed by atoms with Crippen molar-refractivity contribution < 1.29 is 10.0 Å². The third kappa shape index (κ3) is 3.70. The predicted octanol–water partition coefficient (Wildman–Crippen LogP) is 1.04. The Balaban J connectivity index is 2.77. The Labute approximate surface area is 97.9 Å². The largest absolute Gasteiger partial charge is 0.393 e. The molecule has 0 aliphatic heterocycles. The number of nitrogens with one attached hydrogen (secondary N) is 1. The van der Waals surface area contributed by atoms with Crippen LogP contribution < -0.4 is 5.32 Å². The third-order valence-corrected chi connectivity index (χ3v) is 2.04. The Bertz CT molecular complexity index is 453. The van der Waals surface area contributed by atoms with Gasteiger partial charge in [-0.2, -0.15) is 5.26 Å². The number of nitrogens with zero attached hydrogens (tertiary/aromatic N) is 3. The molecule has 7 heteroatoms. The molecule has 0 spiro atoms. The summed E-state index contributed by atoms with van der Waals surface area (Å²) in [4.78, 5) is 13.7. The van der Waals surface area contributed by atoms with Crippen molar-refractivity contribution in [2.75, 3.05) is 11.9 Å². The van der Waals surface area contributed by atoms with Crippen LogP contribution in [0.25, 0.3) is 0 Å². The highest BCUT2D eigenvalue weighted by Crippen LogP contribution is 2.17. The highest BCUT2D eigenvalue weighted by Gasteiger charge is 2.15. The number of nitriles is 1. The summed E-state index contributed by atoms with van der Waals surface area (Å²) < 4.78 is 0. The van der Waals surface area contributed by atoms with Crippen molar-refractivity contribution in [2.24, 2.45) is 0 Å². The van der Waals surface area contributed by atoms with E-state index < -0.39 is 11.0 Å². The van der Waals surface area contributed by atoms with E-state index >= 15 is 0 Å².